The average molecular weight is 398 g/mol. The van der Waals surface area contributed by atoms with Crippen molar-refractivity contribution in [2.24, 2.45) is 0 Å². The van der Waals surface area contributed by atoms with Crippen molar-refractivity contribution < 1.29 is 19.1 Å². The molecule has 29 heavy (non-hydrogen) atoms. The highest BCUT2D eigenvalue weighted by Crippen LogP contribution is 2.20. The molecule has 3 heterocycles. The second kappa shape index (κ2) is 7.87. The van der Waals surface area contributed by atoms with E-state index >= 15 is 0 Å². The summed E-state index contributed by atoms with van der Waals surface area (Å²) in [5.41, 5.74) is 1.81. The van der Waals surface area contributed by atoms with E-state index in [0.29, 0.717) is 44.1 Å². The number of nitrogens with zero attached hydrogens (tertiary/aromatic N) is 4. The smallest absolute Gasteiger partial charge is 0.274 e. The van der Waals surface area contributed by atoms with Gasteiger partial charge in [0.2, 0.25) is 0 Å². The van der Waals surface area contributed by atoms with Crippen molar-refractivity contribution in [2.45, 2.75) is 39.1 Å². The zero-order chi connectivity index (χ0) is 20.5. The molecule has 8 heteroatoms. The molecule has 0 saturated carbocycles. The van der Waals surface area contributed by atoms with Gasteiger partial charge in [-0.3, -0.25) is 14.3 Å². The van der Waals surface area contributed by atoms with Gasteiger partial charge in [0.15, 0.2) is 5.69 Å². The number of fused-ring (bicyclic) bond motifs is 1. The van der Waals surface area contributed by atoms with Gasteiger partial charge in [0.25, 0.3) is 11.8 Å². The van der Waals surface area contributed by atoms with Crippen molar-refractivity contribution in [3.05, 3.63) is 47.3 Å². The molecule has 0 radical (unpaired) electrons. The highest BCUT2D eigenvalue weighted by Gasteiger charge is 2.32. The molecular weight excluding hydrogens is 372 g/mol. The van der Waals surface area contributed by atoms with Gasteiger partial charge in [0, 0.05) is 32.2 Å². The maximum atomic E-state index is 13.0. The molecule has 1 aromatic carbocycles. The number of benzene rings is 1. The molecule has 4 rings (SSSR count). The van der Waals surface area contributed by atoms with Crippen molar-refractivity contribution in [1.29, 1.82) is 0 Å². The van der Waals surface area contributed by atoms with E-state index in [1.54, 1.807) is 27.7 Å². The van der Waals surface area contributed by atoms with Crippen molar-refractivity contribution in [3.63, 3.8) is 0 Å². The summed E-state index contributed by atoms with van der Waals surface area (Å²) in [6.45, 7) is 6.60. The van der Waals surface area contributed by atoms with Crippen LogP contribution in [0.15, 0.2) is 30.3 Å². The summed E-state index contributed by atoms with van der Waals surface area (Å²) in [6.07, 6.45) is -0.0249. The fraction of sp³-hybridized carbons (Fsp3) is 0.476. The molecule has 2 aromatic rings. The van der Waals surface area contributed by atoms with E-state index in [9.17, 15) is 9.59 Å². The number of hydrogen-bond acceptors (Lipinski definition) is 5. The summed E-state index contributed by atoms with van der Waals surface area (Å²) in [4.78, 5) is 29.4. The molecule has 2 aliphatic heterocycles. The first-order valence-electron chi connectivity index (χ1n) is 9.89. The van der Waals surface area contributed by atoms with E-state index in [0.717, 1.165) is 11.3 Å². The monoisotopic (exact) mass is 398 g/mol. The van der Waals surface area contributed by atoms with E-state index in [-0.39, 0.29) is 24.0 Å². The molecule has 0 N–H and O–H groups in total. The predicted molar refractivity (Wildman–Crippen MR) is 106 cm³/mol. The Balaban J connectivity index is 1.48. The van der Waals surface area contributed by atoms with Crippen molar-refractivity contribution >= 4 is 11.8 Å². The average Bonchev–Trinajstić information content (AvgIpc) is 3.14. The number of carbonyl (C=O) groups is 2. The molecule has 8 nitrogen and oxygen atoms in total. The summed E-state index contributed by atoms with van der Waals surface area (Å²) in [5, 5.41) is 4.41. The molecule has 2 aliphatic rings. The van der Waals surface area contributed by atoms with Crippen LogP contribution in [0, 0.1) is 0 Å². The molecule has 1 aromatic heterocycles. The van der Waals surface area contributed by atoms with Crippen LogP contribution in [0.2, 0.25) is 0 Å². The van der Waals surface area contributed by atoms with Crippen LogP contribution in [0.3, 0.4) is 0 Å². The van der Waals surface area contributed by atoms with Crippen LogP contribution in [0.25, 0.3) is 0 Å². The van der Waals surface area contributed by atoms with Crippen LogP contribution < -0.4 is 4.74 Å². The fourth-order valence-corrected chi connectivity index (χ4v) is 3.95. The minimum Gasteiger partial charge on any atom is -0.497 e. The lowest BCUT2D eigenvalue weighted by Crippen LogP contribution is -2.48. The molecule has 154 valence electrons. The van der Waals surface area contributed by atoms with Crippen molar-refractivity contribution in [3.8, 4) is 5.75 Å². The summed E-state index contributed by atoms with van der Waals surface area (Å²) < 4.78 is 12.5. The largest absolute Gasteiger partial charge is 0.497 e. The normalized spacial score (nSPS) is 21.8. The lowest BCUT2D eigenvalue weighted by molar-refractivity contribution is -0.0587. The first-order chi connectivity index (χ1) is 13.9. The highest BCUT2D eigenvalue weighted by molar-refractivity contribution is 5.98. The number of rotatable bonds is 4. The minimum atomic E-state index is -0.150. The number of ether oxygens (including phenoxy) is 2. The Bertz CT molecular complexity index is 898. The lowest BCUT2D eigenvalue weighted by Gasteiger charge is -2.34. The Morgan fingerprint density at radius 3 is 2.52 bits per heavy atom. The zero-order valence-electron chi connectivity index (χ0n) is 17.0. The van der Waals surface area contributed by atoms with Crippen LogP contribution in [-0.2, 0) is 17.8 Å². The molecule has 0 unspecified atom stereocenters. The molecule has 2 amide bonds. The third kappa shape index (κ3) is 3.98. The van der Waals surface area contributed by atoms with Crippen LogP contribution in [-0.4, -0.2) is 70.3 Å². The van der Waals surface area contributed by atoms with Crippen molar-refractivity contribution in [1.82, 2.24) is 19.6 Å². The second-order valence-electron chi connectivity index (χ2n) is 7.68. The topological polar surface area (TPSA) is 76.9 Å². The highest BCUT2D eigenvalue weighted by atomic mass is 16.5. The quantitative estimate of drug-likeness (QED) is 0.785. The number of amides is 2. The molecular formula is C21H26N4O4. The van der Waals surface area contributed by atoms with E-state index in [1.165, 1.54) is 0 Å². The van der Waals surface area contributed by atoms with Crippen LogP contribution in [0.5, 0.6) is 5.75 Å². The maximum absolute atomic E-state index is 13.0. The van der Waals surface area contributed by atoms with Gasteiger partial charge in [-0.1, -0.05) is 12.1 Å². The molecule has 1 saturated heterocycles. The third-order valence-electron chi connectivity index (χ3n) is 5.33. The van der Waals surface area contributed by atoms with Gasteiger partial charge in [0.05, 0.1) is 25.9 Å². The van der Waals surface area contributed by atoms with Gasteiger partial charge in [0.1, 0.15) is 11.4 Å². The number of methoxy groups -OCH3 is 1. The summed E-state index contributed by atoms with van der Waals surface area (Å²) in [5.74, 6) is 0.525. The first-order valence-corrected chi connectivity index (χ1v) is 9.89. The number of hydrogen-bond donors (Lipinski definition) is 0. The zero-order valence-corrected chi connectivity index (χ0v) is 17.0. The third-order valence-corrected chi connectivity index (χ3v) is 5.33. The van der Waals surface area contributed by atoms with E-state index < -0.39 is 0 Å². The summed E-state index contributed by atoms with van der Waals surface area (Å²) in [7, 11) is 1.63. The van der Waals surface area contributed by atoms with Gasteiger partial charge in [-0.05, 0) is 31.5 Å². The summed E-state index contributed by atoms with van der Waals surface area (Å²) in [6, 6.07) is 9.29. The van der Waals surface area contributed by atoms with Crippen molar-refractivity contribution in [2.75, 3.05) is 26.7 Å². The Hall–Kier alpha value is -2.87. The predicted octanol–water partition coefficient (Wildman–Crippen LogP) is 1.80. The number of carbonyl (C=O) groups excluding carboxylic acids is 2. The maximum Gasteiger partial charge on any atom is 0.274 e. The van der Waals surface area contributed by atoms with E-state index in [1.807, 2.05) is 38.1 Å². The molecule has 0 spiro atoms. The van der Waals surface area contributed by atoms with Crippen LogP contribution >= 0.6 is 0 Å². The Morgan fingerprint density at radius 2 is 1.86 bits per heavy atom. The van der Waals surface area contributed by atoms with Gasteiger partial charge in [-0.25, -0.2) is 0 Å². The lowest BCUT2D eigenvalue weighted by atomic mass is 10.1. The standard InChI is InChI=1S/C21H26N4O4/c1-14-11-24(12-15(2)29-14)20(26)18-10-19-21(27)23(8-9-25(19)22-18)13-16-4-6-17(28-3)7-5-16/h4-7,10,14-15H,8-9,11-13H2,1-3H3/t14-,15-/m1/s1. The minimum absolute atomic E-state index is 0.0124. The second-order valence-corrected chi connectivity index (χ2v) is 7.68. The molecule has 2 atom stereocenters. The fourth-order valence-electron chi connectivity index (χ4n) is 3.95. The van der Waals surface area contributed by atoms with Gasteiger partial charge >= 0.3 is 0 Å². The SMILES string of the molecule is COc1ccc(CN2CCn3nc(C(=O)N4C[C@@H](C)O[C@H](C)C4)cc3C2=O)cc1. The summed E-state index contributed by atoms with van der Waals surface area (Å²) >= 11 is 0. The first kappa shape index (κ1) is 19.4. The Kier molecular flexibility index (Phi) is 5.27. The van der Waals surface area contributed by atoms with Crippen LogP contribution in [0.4, 0.5) is 0 Å². The Morgan fingerprint density at radius 1 is 1.17 bits per heavy atom. The number of aromatic nitrogens is 2. The Labute approximate surface area is 170 Å². The van der Waals surface area contributed by atoms with E-state index in [2.05, 4.69) is 5.10 Å². The van der Waals surface area contributed by atoms with Gasteiger partial charge in [-0.15, -0.1) is 0 Å². The molecule has 0 bridgehead atoms. The van der Waals surface area contributed by atoms with E-state index in [4.69, 9.17) is 9.47 Å². The van der Waals surface area contributed by atoms with Gasteiger partial charge in [-0.2, -0.15) is 5.10 Å². The van der Waals surface area contributed by atoms with Crippen LogP contribution in [0.1, 0.15) is 40.4 Å². The molecule has 0 aliphatic carbocycles. The number of morpholine rings is 1. The van der Waals surface area contributed by atoms with Gasteiger partial charge < -0.3 is 19.3 Å². The molecule has 1 fully saturated rings.